The summed E-state index contributed by atoms with van der Waals surface area (Å²) in [4.78, 5) is 35.3. The Balaban J connectivity index is 1.98. The average Bonchev–Trinajstić information content (AvgIpc) is 2.61. The number of carbonyl (C=O) groups is 3. The number of anilines is 2. The molecule has 0 aromatic heterocycles. The van der Waals surface area contributed by atoms with Gasteiger partial charge in [0.15, 0.2) is 5.78 Å². The minimum atomic E-state index is -4.46. The molecule has 0 bridgehead atoms. The van der Waals surface area contributed by atoms with E-state index in [4.69, 9.17) is 0 Å². The topological polar surface area (TPSA) is 75.3 Å². The van der Waals surface area contributed by atoms with Crippen molar-refractivity contribution in [1.29, 1.82) is 0 Å². The molecule has 0 atom stereocenters. The molecule has 2 rings (SSSR count). The summed E-state index contributed by atoms with van der Waals surface area (Å²) in [6, 6.07) is 10.2. The SMILES string of the molecule is CC(=O)c1ccc(NC(=O)/C(C)=C\C(=O)Nc2ccc(C(F)(F)F)cc2)cc1. The van der Waals surface area contributed by atoms with Gasteiger partial charge in [0.1, 0.15) is 0 Å². The van der Waals surface area contributed by atoms with Gasteiger partial charge in [-0.1, -0.05) is 0 Å². The van der Waals surface area contributed by atoms with Crippen LogP contribution in [-0.2, 0) is 15.8 Å². The maximum atomic E-state index is 12.5. The van der Waals surface area contributed by atoms with Crippen LogP contribution in [0.3, 0.4) is 0 Å². The van der Waals surface area contributed by atoms with E-state index in [1.165, 1.54) is 13.8 Å². The van der Waals surface area contributed by atoms with Crippen molar-refractivity contribution < 1.29 is 27.6 Å². The lowest BCUT2D eigenvalue weighted by Gasteiger charge is -2.08. The predicted molar refractivity (Wildman–Crippen MR) is 98.9 cm³/mol. The number of amides is 2. The van der Waals surface area contributed by atoms with Gasteiger partial charge in [0.2, 0.25) is 5.91 Å². The third kappa shape index (κ3) is 5.80. The Morgan fingerprint density at radius 1 is 0.821 bits per heavy atom. The summed E-state index contributed by atoms with van der Waals surface area (Å²) in [5, 5.41) is 4.97. The lowest BCUT2D eigenvalue weighted by molar-refractivity contribution is -0.137. The molecule has 0 saturated carbocycles. The van der Waals surface area contributed by atoms with Crippen molar-refractivity contribution in [1.82, 2.24) is 0 Å². The monoisotopic (exact) mass is 390 g/mol. The predicted octanol–water partition coefficient (Wildman–Crippen LogP) is 4.43. The fraction of sp³-hybridized carbons (Fsp3) is 0.150. The Bertz CT molecular complexity index is 915. The molecular weight excluding hydrogens is 373 g/mol. The second-order valence-corrected chi connectivity index (χ2v) is 5.98. The summed E-state index contributed by atoms with van der Waals surface area (Å²) in [5.74, 6) is -1.29. The van der Waals surface area contributed by atoms with E-state index in [9.17, 15) is 27.6 Å². The van der Waals surface area contributed by atoms with E-state index >= 15 is 0 Å². The second-order valence-electron chi connectivity index (χ2n) is 5.98. The zero-order chi connectivity index (χ0) is 20.9. The zero-order valence-corrected chi connectivity index (χ0v) is 15.1. The molecule has 0 fully saturated rings. The van der Waals surface area contributed by atoms with Crippen molar-refractivity contribution >= 4 is 29.0 Å². The minimum Gasteiger partial charge on any atom is -0.323 e. The molecule has 0 heterocycles. The average molecular weight is 390 g/mol. The molecule has 0 aliphatic carbocycles. The number of hydrogen-bond donors (Lipinski definition) is 2. The number of hydrogen-bond acceptors (Lipinski definition) is 3. The number of alkyl halides is 3. The van der Waals surface area contributed by atoms with Crippen LogP contribution in [0.5, 0.6) is 0 Å². The molecule has 0 saturated heterocycles. The van der Waals surface area contributed by atoms with Gasteiger partial charge in [0.05, 0.1) is 5.56 Å². The molecule has 0 radical (unpaired) electrons. The highest BCUT2D eigenvalue weighted by Gasteiger charge is 2.29. The van der Waals surface area contributed by atoms with Gasteiger partial charge in [0.25, 0.3) is 5.91 Å². The van der Waals surface area contributed by atoms with Crippen LogP contribution in [0.4, 0.5) is 24.5 Å². The summed E-state index contributed by atoms with van der Waals surface area (Å²) in [7, 11) is 0. The number of rotatable bonds is 5. The number of Topliss-reactive ketones (excluding diaryl/α,β-unsaturated/α-hetero) is 1. The fourth-order valence-corrected chi connectivity index (χ4v) is 2.20. The van der Waals surface area contributed by atoms with Crippen molar-refractivity contribution in [3.63, 3.8) is 0 Å². The maximum Gasteiger partial charge on any atom is 0.416 e. The molecule has 2 aromatic carbocycles. The van der Waals surface area contributed by atoms with Gasteiger partial charge in [-0.15, -0.1) is 0 Å². The van der Waals surface area contributed by atoms with E-state index in [0.717, 1.165) is 30.3 Å². The van der Waals surface area contributed by atoms with E-state index in [0.29, 0.717) is 11.3 Å². The molecule has 0 spiro atoms. The van der Waals surface area contributed by atoms with E-state index < -0.39 is 23.6 Å². The van der Waals surface area contributed by atoms with Gasteiger partial charge in [-0.25, -0.2) is 0 Å². The quantitative estimate of drug-likeness (QED) is 0.586. The first kappa shape index (κ1) is 20.9. The molecule has 28 heavy (non-hydrogen) atoms. The number of carbonyl (C=O) groups excluding carboxylic acids is 3. The smallest absolute Gasteiger partial charge is 0.323 e. The third-order valence-corrected chi connectivity index (χ3v) is 3.73. The Morgan fingerprint density at radius 2 is 1.32 bits per heavy atom. The molecule has 2 aromatic rings. The second kappa shape index (κ2) is 8.51. The molecule has 5 nitrogen and oxygen atoms in total. The standard InChI is InChI=1S/C20H17F3N2O3/c1-12(19(28)25-17-7-3-14(4-8-17)13(2)26)11-18(27)24-16-9-5-15(6-10-16)20(21,22)23/h3-11H,1-2H3,(H,24,27)(H,25,28)/b12-11-. The van der Waals surface area contributed by atoms with Crippen LogP contribution < -0.4 is 10.6 Å². The van der Waals surface area contributed by atoms with Crippen LogP contribution >= 0.6 is 0 Å². The Hall–Kier alpha value is -3.42. The Kier molecular flexibility index (Phi) is 6.35. The Morgan fingerprint density at radius 3 is 1.82 bits per heavy atom. The lowest BCUT2D eigenvalue weighted by Crippen LogP contribution is -2.16. The van der Waals surface area contributed by atoms with Crippen molar-refractivity contribution in [2.45, 2.75) is 20.0 Å². The van der Waals surface area contributed by atoms with E-state index in [-0.39, 0.29) is 17.0 Å². The van der Waals surface area contributed by atoms with Crippen LogP contribution in [0.2, 0.25) is 0 Å². The van der Waals surface area contributed by atoms with Crippen LogP contribution in [-0.4, -0.2) is 17.6 Å². The van der Waals surface area contributed by atoms with Crippen LogP contribution in [0.15, 0.2) is 60.2 Å². The third-order valence-electron chi connectivity index (χ3n) is 3.73. The first-order valence-electron chi connectivity index (χ1n) is 8.15. The highest BCUT2D eigenvalue weighted by atomic mass is 19.4. The summed E-state index contributed by atoms with van der Waals surface area (Å²) >= 11 is 0. The number of ketones is 1. The molecule has 8 heteroatoms. The summed E-state index contributed by atoms with van der Waals surface area (Å²) < 4.78 is 37.6. The zero-order valence-electron chi connectivity index (χ0n) is 15.1. The van der Waals surface area contributed by atoms with E-state index in [1.807, 2.05) is 0 Å². The number of nitrogens with one attached hydrogen (secondary N) is 2. The molecule has 0 aliphatic heterocycles. The first-order chi connectivity index (χ1) is 13.1. The van der Waals surface area contributed by atoms with Crippen LogP contribution in [0, 0.1) is 0 Å². The number of benzene rings is 2. The molecular formula is C20H17F3N2O3. The highest BCUT2D eigenvalue weighted by Crippen LogP contribution is 2.29. The van der Waals surface area contributed by atoms with Crippen molar-refractivity contribution in [2.24, 2.45) is 0 Å². The normalized spacial score (nSPS) is 11.7. The molecule has 0 unspecified atom stereocenters. The van der Waals surface area contributed by atoms with Crippen molar-refractivity contribution in [3.05, 3.63) is 71.3 Å². The lowest BCUT2D eigenvalue weighted by atomic mass is 10.1. The maximum absolute atomic E-state index is 12.5. The largest absolute Gasteiger partial charge is 0.416 e. The molecule has 2 amide bonds. The van der Waals surface area contributed by atoms with E-state index in [2.05, 4.69) is 10.6 Å². The molecule has 0 aliphatic rings. The summed E-state index contributed by atoms with van der Waals surface area (Å²) in [5.41, 5.74) is 0.391. The van der Waals surface area contributed by atoms with Gasteiger partial charge in [-0.3, -0.25) is 14.4 Å². The van der Waals surface area contributed by atoms with Gasteiger partial charge in [-0.05, 0) is 62.4 Å². The first-order valence-corrected chi connectivity index (χ1v) is 8.15. The molecule has 146 valence electrons. The summed E-state index contributed by atoms with van der Waals surface area (Å²) in [6.45, 7) is 2.85. The number of halogens is 3. The highest BCUT2D eigenvalue weighted by molar-refractivity contribution is 6.10. The van der Waals surface area contributed by atoms with Gasteiger partial charge in [-0.2, -0.15) is 13.2 Å². The Labute approximate surface area is 159 Å². The van der Waals surface area contributed by atoms with Crippen molar-refractivity contribution in [2.75, 3.05) is 10.6 Å². The minimum absolute atomic E-state index is 0.0973. The fourth-order valence-electron chi connectivity index (χ4n) is 2.20. The summed E-state index contributed by atoms with van der Waals surface area (Å²) in [6.07, 6.45) is -3.42. The molecule has 2 N–H and O–H groups in total. The van der Waals surface area contributed by atoms with Gasteiger partial charge < -0.3 is 10.6 Å². The van der Waals surface area contributed by atoms with Gasteiger partial charge >= 0.3 is 6.18 Å². The van der Waals surface area contributed by atoms with E-state index in [1.54, 1.807) is 24.3 Å². The van der Waals surface area contributed by atoms with Crippen molar-refractivity contribution in [3.8, 4) is 0 Å². The van der Waals surface area contributed by atoms with Crippen LogP contribution in [0.25, 0.3) is 0 Å². The van der Waals surface area contributed by atoms with Crippen LogP contribution in [0.1, 0.15) is 29.8 Å². The van der Waals surface area contributed by atoms with Gasteiger partial charge in [0, 0.05) is 28.6 Å².